The number of hydrogen-bond acceptors (Lipinski definition) is 3. The Morgan fingerprint density at radius 3 is 2.17 bits per heavy atom. The second-order valence-corrected chi connectivity index (χ2v) is 4.92. The Bertz CT molecular complexity index is 288. The molecule has 0 saturated carbocycles. The third-order valence-corrected chi connectivity index (χ3v) is 2.76. The molecule has 0 aromatic heterocycles. The van der Waals surface area contributed by atoms with E-state index in [2.05, 4.69) is 29.4 Å². The topological polar surface area (TPSA) is 81.7 Å². The van der Waals surface area contributed by atoms with E-state index in [4.69, 9.17) is 5.11 Å². The van der Waals surface area contributed by atoms with Crippen molar-refractivity contribution in [1.29, 1.82) is 0 Å². The molecule has 3 N–H and O–H groups in total. The number of carboxylic acids is 1. The Morgan fingerprint density at radius 2 is 1.78 bits per heavy atom. The molecular weight excluding hydrogens is 234 g/mol. The van der Waals surface area contributed by atoms with Gasteiger partial charge in [-0.1, -0.05) is 13.8 Å². The van der Waals surface area contributed by atoms with Crippen LogP contribution in [0.3, 0.4) is 0 Å². The van der Waals surface area contributed by atoms with Gasteiger partial charge >= 0.3 is 12.0 Å². The van der Waals surface area contributed by atoms with E-state index in [9.17, 15) is 9.59 Å². The third-order valence-electron chi connectivity index (χ3n) is 2.76. The van der Waals surface area contributed by atoms with E-state index < -0.39 is 17.5 Å². The summed E-state index contributed by atoms with van der Waals surface area (Å²) in [5.41, 5.74) is -1.26. The predicted molar refractivity (Wildman–Crippen MR) is 70.6 cm³/mol. The first-order chi connectivity index (χ1) is 8.22. The van der Waals surface area contributed by atoms with E-state index in [1.807, 2.05) is 6.92 Å². The maximum Gasteiger partial charge on any atom is 0.328 e. The van der Waals surface area contributed by atoms with Crippen LogP contribution < -0.4 is 10.6 Å². The summed E-state index contributed by atoms with van der Waals surface area (Å²) in [5.74, 6) is -1.06. The minimum atomic E-state index is -1.26. The highest BCUT2D eigenvalue weighted by Gasteiger charge is 2.29. The van der Waals surface area contributed by atoms with Gasteiger partial charge in [0.1, 0.15) is 5.54 Å². The van der Waals surface area contributed by atoms with Gasteiger partial charge < -0.3 is 20.6 Å². The van der Waals surface area contributed by atoms with Crippen molar-refractivity contribution in [1.82, 2.24) is 15.5 Å². The lowest BCUT2D eigenvalue weighted by atomic mass is 10.1. The van der Waals surface area contributed by atoms with Crippen LogP contribution in [0.25, 0.3) is 0 Å². The van der Waals surface area contributed by atoms with E-state index in [1.54, 1.807) is 0 Å². The summed E-state index contributed by atoms with van der Waals surface area (Å²) in [6.45, 7) is 11.5. The number of amides is 2. The third kappa shape index (κ3) is 5.86. The maximum absolute atomic E-state index is 11.6. The summed E-state index contributed by atoms with van der Waals surface area (Å²) in [7, 11) is 0. The molecule has 6 heteroatoms. The largest absolute Gasteiger partial charge is 0.480 e. The molecule has 2 amide bonds. The van der Waals surface area contributed by atoms with Gasteiger partial charge in [-0.15, -0.1) is 0 Å². The second-order valence-electron chi connectivity index (χ2n) is 4.92. The molecule has 0 aliphatic carbocycles. The van der Waals surface area contributed by atoms with Gasteiger partial charge in [-0.05, 0) is 33.9 Å². The molecule has 1 unspecified atom stereocenters. The first-order valence-electron chi connectivity index (χ1n) is 6.27. The smallest absolute Gasteiger partial charge is 0.328 e. The van der Waals surface area contributed by atoms with Crippen molar-refractivity contribution in [2.24, 2.45) is 0 Å². The lowest BCUT2D eigenvalue weighted by Crippen LogP contribution is -2.55. The summed E-state index contributed by atoms with van der Waals surface area (Å²) in [6.07, 6.45) is 0. The molecule has 0 spiro atoms. The molecule has 0 radical (unpaired) electrons. The van der Waals surface area contributed by atoms with Gasteiger partial charge in [0.15, 0.2) is 0 Å². The van der Waals surface area contributed by atoms with Crippen molar-refractivity contribution in [2.75, 3.05) is 19.6 Å². The van der Waals surface area contributed by atoms with Gasteiger partial charge in [-0.25, -0.2) is 9.59 Å². The van der Waals surface area contributed by atoms with Crippen LogP contribution in [-0.2, 0) is 4.79 Å². The molecule has 0 fully saturated rings. The summed E-state index contributed by atoms with van der Waals surface area (Å²) in [4.78, 5) is 24.7. The monoisotopic (exact) mass is 259 g/mol. The number of carbonyl (C=O) groups excluding carboxylic acids is 1. The Morgan fingerprint density at radius 1 is 1.28 bits per heavy atom. The van der Waals surface area contributed by atoms with Crippen molar-refractivity contribution in [3.63, 3.8) is 0 Å². The molecule has 0 bridgehead atoms. The minimum Gasteiger partial charge on any atom is -0.480 e. The van der Waals surface area contributed by atoms with Crippen molar-refractivity contribution in [3.05, 3.63) is 0 Å². The Labute approximate surface area is 109 Å². The first kappa shape index (κ1) is 16.7. The van der Waals surface area contributed by atoms with Crippen LogP contribution in [0.4, 0.5) is 4.79 Å². The average Bonchev–Trinajstić information content (AvgIpc) is 2.24. The van der Waals surface area contributed by atoms with Gasteiger partial charge in [0.05, 0.1) is 0 Å². The highest BCUT2D eigenvalue weighted by molar-refractivity contribution is 5.85. The molecule has 0 heterocycles. The molecule has 18 heavy (non-hydrogen) atoms. The normalized spacial score (nSPS) is 13.2. The molecule has 0 saturated heterocycles. The van der Waals surface area contributed by atoms with Crippen LogP contribution in [0, 0.1) is 0 Å². The van der Waals surface area contributed by atoms with Crippen LogP contribution in [0.2, 0.25) is 0 Å². The minimum absolute atomic E-state index is 0.0329. The summed E-state index contributed by atoms with van der Waals surface area (Å²) < 4.78 is 0. The average molecular weight is 259 g/mol. The van der Waals surface area contributed by atoms with Gasteiger partial charge in [0.25, 0.3) is 0 Å². The molecule has 106 valence electrons. The lowest BCUT2D eigenvalue weighted by Gasteiger charge is -2.26. The fourth-order valence-electron chi connectivity index (χ4n) is 1.51. The standard InChI is InChI=1S/C12H25N3O3/c1-6-15(7-2)8-9(3)13-11(18)14-12(4,5)10(16)17/h9H,6-8H2,1-5H3,(H,16,17)(H2,13,14,18). The highest BCUT2D eigenvalue weighted by Crippen LogP contribution is 2.01. The summed E-state index contributed by atoms with van der Waals surface area (Å²) >= 11 is 0. The van der Waals surface area contributed by atoms with E-state index in [0.29, 0.717) is 0 Å². The van der Waals surface area contributed by atoms with Gasteiger partial charge in [0.2, 0.25) is 0 Å². The summed E-state index contributed by atoms with van der Waals surface area (Å²) in [6, 6.07) is -0.489. The molecule has 0 rings (SSSR count). The quantitative estimate of drug-likeness (QED) is 0.634. The lowest BCUT2D eigenvalue weighted by molar-refractivity contribution is -0.142. The number of urea groups is 1. The number of likely N-dealkylation sites (N-methyl/N-ethyl adjacent to an activating group) is 1. The number of nitrogens with zero attached hydrogens (tertiary/aromatic N) is 1. The van der Waals surface area contributed by atoms with Gasteiger partial charge in [-0.2, -0.15) is 0 Å². The van der Waals surface area contributed by atoms with E-state index in [1.165, 1.54) is 13.8 Å². The van der Waals surface area contributed by atoms with Crippen LogP contribution in [0.1, 0.15) is 34.6 Å². The van der Waals surface area contributed by atoms with E-state index in [0.717, 1.165) is 19.6 Å². The van der Waals surface area contributed by atoms with Crippen LogP contribution in [-0.4, -0.2) is 53.2 Å². The van der Waals surface area contributed by atoms with E-state index >= 15 is 0 Å². The Hall–Kier alpha value is -1.30. The molecule has 0 aliphatic heterocycles. The van der Waals surface area contributed by atoms with Gasteiger partial charge in [0, 0.05) is 12.6 Å². The molecular formula is C12H25N3O3. The molecule has 0 aromatic carbocycles. The van der Waals surface area contributed by atoms with Crippen LogP contribution in [0.15, 0.2) is 0 Å². The van der Waals surface area contributed by atoms with Crippen LogP contribution >= 0.6 is 0 Å². The summed E-state index contributed by atoms with van der Waals surface area (Å²) in [5, 5.41) is 14.1. The highest BCUT2D eigenvalue weighted by atomic mass is 16.4. The Kier molecular flexibility index (Phi) is 6.68. The van der Waals surface area contributed by atoms with Crippen LogP contribution in [0.5, 0.6) is 0 Å². The number of carbonyl (C=O) groups is 2. The number of hydrogen-bond donors (Lipinski definition) is 3. The zero-order valence-electron chi connectivity index (χ0n) is 11.9. The van der Waals surface area contributed by atoms with Crippen molar-refractivity contribution in [2.45, 2.75) is 46.2 Å². The number of rotatable bonds is 7. The van der Waals surface area contributed by atoms with Crippen molar-refractivity contribution >= 4 is 12.0 Å². The first-order valence-corrected chi connectivity index (χ1v) is 6.27. The molecule has 0 aromatic rings. The van der Waals surface area contributed by atoms with Gasteiger partial charge in [-0.3, -0.25) is 0 Å². The maximum atomic E-state index is 11.6. The zero-order chi connectivity index (χ0) is 14.3. The van der Waals surface area contributed by atoms with E-state index in [-0.39, 0.29) is 6.04 Å². The zero-order valence-corrected chi connectivity index (χ0v) is 11.9. The fraction of sp³-hybridized carbons (Fsp3) is 0.833. The molecule has 1 atom stereocenters. The molecule has 0 aliphatic rings. The predicted octanol–water partition coefficient (Wildman–Crippen LogP) is 0.879. The number of carboxylic acid groups (broad SMARTS) is 1. The SMILES string of the molecule is CCN(CC)CC(C)NC(=O)NC(C)(C)C(=O)O. The molecule has 6 nitrogen and oxygen atoms in total. The number of aliphatic carboxylic acids is 1. The van der Waals surface area contributed by atoms with Crippen molar-refractivity contribution < 1.29 is 14.7 Å². The fourth-order valence-corrected chi connectivity index (χ4v) is 1.51. The van der Waals surface area contributed by atoms with Crippen molar-refractivity contribution in [3.8, 4) is 0 Å². The second kappa shape index (κ2) is 7.20. The number of nitrogens with one attached hydrogen (secondary N) is 2. The Balaban J connectivity index is 4.20.